The van der Waals surface area contributed by atoms with Crippen molar-refractivity contribution >= 4 is 28.0 Å². The summed E-state index contributed by atoms with van der Waals surface area (Å²) in [6, 6.07) is 17.6. The van der Waals surface area contributed by atoms with E-state index in [4.69, 9.17) is 14.3 Å². The molecule has 4 rings (SSSR count). The molecular formula is C24H21BrN6O2. The molecule has 0 aliphatic heterocycles. The summed E-state index contributed by atoms with van der Waals surface area (Å²) in [4.78, 5) is 4.19. The summed E-state index contributed by atoms with van der Waals surface area (Å²) in [6.07, 6.45) is 3.53. The van der Waals surface area contributed by atoms with Gasteiger partial charge in [-0.1, -0.05) is 32.0 Å². The van der Waals surface area contributed by atoms with Crippen molar-refractivity contribution in [2.75, 3.05) is 12.5 Å². The highest BCUT2D eigenvalue weighted by molar-refractivity contribution is 9.10. The number of halogens is 1. The lowest BCUT2D eigenvalue weighted by molar-refractivity contribution is 0.412. The number of nitrogens with zero attached hydrogens (tertiary/aromatic N) is 5. The number of hydrogen-bond acceptors (Lipinski definition) is 7. The van der Waals surface area contributed by atoms with Crippen molar-refractivity contribution in [1.82, 2.24) is 14.8 Å². The molecule has 0 saturated heterocycles. The number of ether oxygens (including phenoxy) is 1. The molecule has 0 saturated carbocycles. The fourth-order valence-electron chi connectivity index (χ4n) is 3.13. The summed E-state index contributed by atoms with van der Waals surface area (Å²) >= 11 is 3.54. The van der Waals surface area contributed by atoms with Crippen LogP contribution >= 0.6 is 15.9 Å². The maximum Gasteiger partial charge on any atom is 0.252 e. The fraction of sp³-hybridized carbons (Fsp3) is 0.167. The molecule has 2 aromatic carbocycles. The number of nitriles is 1. The van der Waals surface area contributed by atoms with Gasteiger partial charge in [-0.3, -0.25) is 0 Å². The van der Waals surface area contributed by atoms with E-state index in [1.54, 1.807) is 18.0 Å². The molecular weight excluding hydrogens is 484 g/mol. The third kappa shape index (κ3) is 4.81. The number of methoxy groups -OCH3 is 1. The first-order chi connectivity index (χ1) is 16.0. The van der Waals surface area contributed by atoms with E-state index in [0.29, 0.717) is 5.89 Å². The number of benzene rings is 2. The second kappa shape index (κ2) is 9.71. The van der Waals surface area contributed by atoms with Crippen molar-refractivity contribution in [2.24, 2.45) is 5.10 Å². The van der Waals surface area contributed by atoms with Gasteiger partial charge in [-0.25, -0.2) is 15.1 Å². The van der Waals surface area contributed by atoms with Gasteiger partial charge in [0, 0.05) is 23.2 Å². The molecule has 2 aromatic heterocycles. The number of hydrogen-bond donors (Lipinski definition) is 1. The minimum Gasteiger partial charge on any atom is -0.496 e. The first-order valence-corrected chi connectivity index (χ1v) is 11.0. The molecule has 0 atom stereocenters. The van der Waals surface area contributed by atoms with Crippen LogP contribution in [-0.4, -0.2) is 28.1 Å². The summed E-state index contributed by atoms with van der Waals surface area (Å²) < 4.78 is 13.6. The van der Waals surface area contributed by atoms with Crippen molar-refractivity contribution < 1.29 is 9.15 Å². The first kappa shape index (κ1) is 22.3. The predicted octanol–water partition coefficient (Wildman–Crippen LogP) is 5.74. The minimum atomic E-state index is 0.0563. The van der Waals surface area contributed by atoms with Gasteiger partial charge < -0.3 is 9.15 Å². The molecule has 0 amide bonds. The van der Waals surface area contributed by atoms with E-state index >= 15 is 0 Å². The van der Waals surface area contributed by atoms with Crippen molar-refractivity contribution in [3.8, 4) is 28.8 Å². The van der Waals surface area contributed by atoms with E-state index < -0.39 is 0 Å². The van der Waals surface area contributed by atoms with Crippen LogP contribution in [0.25, 0.3) is 16.9 Å². The van der Waals surface area contributed by atoms with E-state index in [1.165, 1.54) is 0 Å². The molecule has 33 heavy (non-hydrogen) atoms. The Bertz CT molecular complexity index is 1330. The Hall–Kier alpha value is -3.90. The maximum atomic E-state index is 9.33. The predicted molar refractivity (Wildman–Crippen MR) is 130 cm³/mol. The molecule has 0 radical (unpaired) electrons. The van der Waals surface area contributed by atoms with E-state index in [0.717, 1.165) is 32.7 Å². The fourth-order valence-corrected chi connectivity index (χ4v) is 3.67. The number of anilines is 1. The van der Waals surface area contributed by atoms with Gasteiger partial charge in [0.05, 0.1) is 23.5 Å². The van der Waals surface area contributed by atoms with E-state index in [2.05, 4.69) is 31.4 Å². The molecule has 0 spiro atoms. The number of rotatable bonds is 7. The Morgan fingerprint density at radius 3 is 2.70 bits per heavy atom. The number of nitrogens with one attached hydrogen (secondary N) is 1. The standard InChI is InChI=1S/C24H21BrN6O2/c1-15(2)23-28-20(12-26)24(33-23)29-27-13-17-14-31(18-7-5-4-6-8-18)30-22(17)16-9-10-21(32-3)19(25)11-16/h4-11,13-15,29H,1-3H3. The van der Waals surface area contributed by atoms with Gasteiger partial charge >= 0.3 is 0 Å². The summed E-state index contributed by atoms with van der Waals surface area (Å²) in [5, 5.41) is 18.4. The summed E-state index contributed by atoms with van der Waals surface area (Å²) in [5.74, 6) is 1.47. The second-order valence-electron chi connectivity index (χ2n) is 7.43. The van der Waals surface area contributed by atoms with Crippen molar-refractivity contribution in [3.63, 3.8) is 0 Å². The Balaban J connectivity index is 1.70. The van der Waals surface area contributed by atoms with Crippen LogP contribution in [0.1, 0.15) is 36.9 Å². The highest BCUT2D eigenvalue weighted by Gasteiger charge is 2.16. The van der Waals surface area contributed by atoms with Gasteiger partial charge in [0.2, 0.25) is 11.6 Å². The van der Waals surface area contributed by atoms with Gasteiger partial charge in [-0.2, -0.15) is 15.5 Å². The molecule has 0 unspecified atom stereocenters. The minimum absolute atomic E-state index is 0.0563. The zero-order valence-electron chi connectivity index (χ0n) is 18.3. The molecule has 0 bridgehead atoms. The number of hydrazone groups is 1. The summed E-state index contributed by atoms with van der Waals surface area (Å²) in [6.45, 7) is 3.88. The van der Waals surface area contributed by atoms with E-state index in [9.17, 15) is 5.26 Å². The molecule has 166 valence electrons. The summed E-state index contributed by atoms with van der Waals surface area (Å²) in [7, 11) is 1.62. The molecule has 2 heterocycles. The molecule has 9 heteroatoms. The quantitative estimate of drug-likeness (QED) is 0.254. The van der Waals surface area contributed by atoms with Crippen LogP contribution < -0.4 is 10.2 Å². The van der Waals surface area contributed by atoms with E-state index in [1.807, 2.05) is 74.6 Å². The molecule has 0 fully saturated rings. The molecule has 1 N–H and O–H groups in total. The third-order valence-corrected chi connectivity index (χ3v) is 5.42. The maximum absolute atomic E-state index is 9.33. The van der Waals surface area contributed by atoms with Gasteiger partial charge in [0.1, 0.15) is 17.5 Å². The highest BCUT2D eigenvalue weighted by atomic mass is 79.9. The zero-order chi connectivity index (χ0) is 23.4. The smallest absolute Gasteiger partial charge is 0.252 e. The number of aromatic nitrogens is 3. The normalized spacial score (nSPS) is 11.2. The Labute approximate surface area is 199 Å². The average Bonchev–Trinajstić information content (AvgIpc) is 3.44. The van der Waals surface area contributed by atoms with Gasteiger partial charge in [-0.15, -0.1) is 0 Å². The number of oxazole rings is 1. The molecule has 4 aromatic rings. The monoisotopic (exact) mass is 504 g/mol. The lowest BCUT2D eigenvalue weighted by atomic mass is 10.1. The topological polar surface area (TPSA) is 101 Å². The van der Waals surface area contributed by atoms with Crippen LogP contribution in [0, 0.1) is 11.3 Å². The lowest BCUT2D eigenvalue weighted by Crippen LogP contribution is -1.94. The SMILES string of the molecule is COc1ccc(-c2nn(-c3ccccc3)cc2C=NNc2oc(C(C)C)nc2C#N)cc1Br. The van der Waals surface area contributed by atoms with Crippen LogP contribution in [0.3, 0.4) is 0 Å². The molecule has 0 aliphatic carbocycles. The van der Waals surface area contributed by atoms with Crippen LogP contribution in [0.15, 0.2) is 68.7 Å². The van der Waals surface area contributed by atoms with Crippen LogP contribution in [0.2, 0.25) is 0 Å². The Morgan fingerprint density at radius 2 is 2.03 bits per heavy atom. The zero-order valence-corrected chi connectivity index (χ0v) is 19.9. The van der Waals surface area contributed by atoms with Gasteiger partial charge in [0.25, 0.3) is 5.88 Å². The second-order valence-corrected chi connectivity index (χ2v) is 8.28. The van der Waals surface area contributed by atoms with Crippen LogP contribution in [-0.2, 0) is 0 Å². The Morgan fingerprint density at radius 1 is 1.24 bits per heavy atom. The summed E-state index contributed by atoms with van der Waals surface area (Å²) in [5.41, 5.74) is 6.26. The van der Waals surface area contributed by atoms with Gasteiger partial charge in [0.15, 0.2) is 0 Å². The number of para-hydroxylation sites is 1. The largest absolute Gasteiger partial charge is 0.496 e. The van der Waals surface area contributed by atoms with Gasteiger partial charge in [-0.05, 0) is 46.3 Å². The van der Waals surface area contributed by atoms with E-state index in [-0.39, 0.29) is 17.5 Å². The molecule has 8 nitrogen and oxygen atoms in total. The van der Waals surface area contributed by atoms with Crippen molar-refractivity contribution in [2.45, 2.75) is 19.8 Å². The molecule has 0 aliphatic rings. The third-order valence-electron chi connectivity index (χ3n) is 4.80. The van der Waals surface area contributed by atoms with Crippen molar-refractivity contribution in [1.29, 1.82) is 5.26 Å². The highest BCUT2D eigenvalue weighted by Crippen LogP contribution is 2.31. The van der Waals surface area contributed by atoms with Crippen LogP contribution in [0.5, 0.6) is 5.75 Å². The Kier molecular flexibility index (Phi) is 6.56. The van der Waals surface area contributed by atoms with Crippen molar-refractivity contribution in [3.05, 3.63) is 76.3 Å². The lowest BCUT2D eigenvalue weighted by Gasteiger charge is -2.05. The average molecular weight is 505 g/mol. The first-order valence-electron chi connectivity index (χ1n) is 10.2. The van der Waals surface area contributed by atoms with Crippen LogP contribution in [0.4, 0.5) is 5.88 Å².